The fraction of sp³-hybridized carbons (Fsp3) is 0.194. The monoisotopic (exact) mass is 703 g/mol. The molecule has 0 spiro atoms. The van der Waals surface area contributed by atoms with E-state index in [1.165, 1.54) is 0 Å². The van der Waals surface area contributed by atoms with Crippen LogP contribution >= 0.6 is 46.0 Å². The number of esters is 1. The lowest BCUT2D eigenvalue weighted by molar-refractivity contribution is -0.138. The molecule has 4 rings (SSSR count). The van der Waals surface area contributed by atoms with Crippen LogP contribution in [0.2, 0.25) is 5.02 Å². The number of carbonyl (C=O) groups is 2. The first-order valence-corrected chi connectivity index (χ1v) is 15.0. The Morgan fingerprint density at radius 2 is 1.83 bits per heavy atom. The van der Waals surface area contributed by atoms with Gasteiger partial charge in [0.2, 0.25) is 0 Å². The van der Waals surface area contributed by atoms with Gasteiger partial charge in [-0.2, -0.15) is 0 Å². The Bertz CT molecular complexity index is 1580. The molecule has 1 N–H and O–H groups in total. The average molecular weight is 704 g/mol. The normalized spacial score (nSPS) is 15.0. The van der Waals surface area contributed by atoms with Gasteiger partial charge in [0.1, 0.15) is 23.0 Å². The van der Waals surface area contributed by atoms with Crippen LogP contribution in [0.3, 0.4) is 0 Å². The van der Waals surface area contributed by atoms with Gasteiger partial charge >= 0.3 is 5.97 Å². The maximum atomic E-state index is 13.0. The van der Waals surface area contributed by atoms with Gasteiger partial charge in [0.15, 0.2) is 11.5 Å². The molecule has 3 aromatic carbocycles. The summed E-state index contributed by atoms with van der Waals surface area (Å²) < 4.78 is 17.9. The molecule has 0 unspecified atom stereocenters. The number of ether oxygens (including phenoxy) is 3. The number of aliphatic imine (C=N–C) groups is 1. The molecule has 1 aliphatic heterocycles. The van der Waals surface area contributed by atoms with E-state index in [4.69, 9.17) is 25.8 Å². The zero-order chi connectivity index (χ0) is 29.5. The van der Waals surface area contributed by atoms with Gasteiger partial charge in [0.25, 0.3) is 5.91 Å². The number of hydrogen-bond donors (Lipinski definition) is 1. The van der Waals surface area contributed by atoms with Gasteiger partial charge in [-0.1, -0.05) is 53.7 Å². The molecule has 41 heavy (non-hydrogen) atoms. The number of aliphatic hydroxyl groups is 1. The quantitative estimate of drug-likeness (QED) is 0.179. The summed E-state index contributed by atoms with van der Waals surface area (Å²) in [6.07, 6.45) is 1.70. The highest BCUT2D eigenvalue weighted by molar-refractivity contribution is 14.1. The lowest BCUT2D eigenvalue weighted by Crippen LogP contribution is -2.14. The van der Waals surface area contributed by atoms with E-state index in [0.717, 1.165) is 26.5 Å². The first kappa shape index (κ1) is 30.7. The topological polar surface area (TPSA) is 94.4 Å². The van der Waals surface area contributed by atoms with E-state index in [1.54, 1.807) is 50.3 Å². The molecular weight excluding hydrogens is 677 g/mol. The fourth-order valence-electron chi connectivity index (χ4n) is 3.97. The van der Waals surface area contributed by atoms with Crippen molar-refractivity contribution in [3.63, 3.8) is 0 Å². The van der Waals surface area contributed by atoms with Gasteiger partial charge in [-0.3, -0.25) is 4.79 Å². The summed E-state index contributed by atoms with van der Waals surface area (Å²) in [5.41, 5.74) is 2.62. The molecule has 0 bridgehead atoms. The lowest BCUT2D eigenvalue weighted by atomic mass is 10.1. The van der Waals surface area contributed by atoms with Gasteiger partial charge in [0, 0.05) is 10.6 Å². The zero-order valence-electron chi connectivity index (χ0n) is 22.6. The van der Waals surface area contributed by atoms with E-state index < -0.39 is 11.9 Å². The van der Waals surface area contributed by atoms with E-state index >= 15 is 0 Å². The zero-order valence-corrected chi connectivity index (χ0v) is 26.3. The summed E-state index contributed by atoms with van der Waals surface area (Å²) in [7, 11) is 0. The highest BCUT2D eigenvalue weighted by atomic mass is 127. The number of thioether (sulfide) groups is 1. The summed E-state index contributed by atoms with van der Waals surface area (Å²) in [4.78, 5) is 30.3. The number of aryl methyl sites for hydroxylation is 1. The molecule has 0 saturated heterocycles. The number of amides is 1. The number of carbonyl (C=O) groups excluding carboxylic acids is 2. The lowest BCUT2D eigenvalue weighted by Gasteiger charge is -2.15. The van der Waals surface area contributed by atoms with Crippen LogP contribution in [0.1, 0.15) is 40.9 Å². The standard InChI is InChI=1S/C31H27ClINO6S/c1-4-38-24-15-20(14-23(33)28(24)40-17-19-10-8-11-21(32)13-19)16-25-27(35)26(31(37)39-5-2)30(41-25)34-29(36)22-12-7-6-9-18(22)3/h6-16,35H,4-5,17H2,1-3H3/b25-16-,34-30?. The number of aliphatic hydroxyl groups excluding tert-OH is 1. The van der Waals surface area contributed by atoms with Crippen molar-refractivity contribution < 1.29 is 28.9 Å². The Hall–Kier alpha value is -3.28. The molecule has 1 amide bonds. The molecule has 1 aliphatic rings. The fourth-order valence-corrected chi connectivity index (χ4v) is 5.97. The first-order valence-electron chi connectivity index (χ1n) is 12.7. The summed E-state index contributed by atoms with van der Waals surface area (Å²) in [5.74, 6) is -0.484. The van der Waals surface area contributed by atoms with Crippen LogP contribution < -0.4 is 9.47 Å². The second kappa shape index (κ2) is 14.1. The Labute approximate surface area is 261 Å². The van der Waals surface area contributed by atoms with Crippen molar-refractivity contribution in [2.45, 2.75) is 27.4 Å². The molecule has 0 aliphatic carbocycles. The largest absolute Gasteiger partial charge is 0.506 e. The number of nitrogens with zero attached hydrogens (tertiary/aromatic N) is 1. The molecule has 212 valence electrons. The van der Waals surface area contributed by atoms with E-state index in [9.17, 15) is 14.7 Å². The molecule has 3 aromatic rings. The molecule has 10 heteroatoms. The number of rotatable bonds is 9. The van der Waals surface area contributed by atoms with Crippen LogP contribution in [-0.2, 0) is 16.1 Å². The van der Waals surface area contributed by atoms with Crippen molar-refractivity contribution in [1.82, 2.24) is 0 Å². The molecule has 7 nitrogen and oxygen atoms in total. The number of benzene rings is 3. The molecule has 0 atom stereocenters. The second-order valence-electron chi connectivity index (χ2n) is 8.77. The maximum Gasteiger partial charge on any atom is 0.344 e. The van der Waals surface area contributed by atoms with Crippen LogP contribution in [0.15, 0.2) is 81.9 Å². The third-order valence-corrected chi connectivity index (χ3v) is 7.91. The molecule has 0 fully saturated rings. The van der Waals surface area contributed by atoms with Crippen molar-refractivity contribution in [1.29, 1.82) is 0 Å². The molecule has 0 saturated carbocycles. The number of hydrogen-bond acceptors (Lipinski definition) is 7. The van der Waals surface area contributed by atoms with Crippen molar-refractivity contribution in [2.75, 3.05) is 13.2 Å². The Morgan fingerprint density at radius 1 is 1.05 bits per heavy atom. The summed E-state index contributed by atoms with van der Waals surface area (Å²) in [6, 6.07) is 18.1. The Balaban J connectivity index is 1.69. The number of halogens is 2. The van der Waals surface area contributed by atoms with E-state index in [1.807, 2.05) is 37.3 Å². The van der Waals surface area contributed by atoms with E-state index in [2.05, 4.69) is 27.6 Å². The average Bonchev–Trinajstić information content (AvgIpc) is 3.22. The van der Waals surface area contributed by atoms with Crippen molar-refractivity contribution in [2.24, 2.45) is 4.99 Å². The highest BCUT2D eigenvalue weighted by Gasteiger charge is 2.34. The minimum atomic E-state index is -0.758. The van der Waals surface area contributed by atoms with Crippen molar-refractivity contribution in [3.8, 4) is 11.5 Å². The van der Waals surface area contributed by atoms with E-state index in [0.29, 0.717) is 45.8 Å². The third kappa shape index (κ3) is 7.52. The highest BCUT2D eigenvalue weighted by Crippen LogP contribution is 2.41. The molecular formula is C31H27ClINO6S. The van der Waals surface area contributed by atoms with Gasteiger partial charge in [-0.15, -0.1) is 0 Å². The van der Waals surface area contributed by atoms with Crippen molar-refractivity contribution in [3.05, 3.63) is 108 Å². The molecule has 1 heterocycles. The predicted molar refractivity (Wildman–Crippen MR) is 171 cm³/mol. The minimum Gasteiger partial charge on any atom is -0.506 e. The summed E-state index contributed by atoms with van der Waals surface area (Å²) in [5, 5.41) is 11.8. The summed E-state index contributed by atoms with van der Waals surface area (Å²) in [6.45, 7) is 6.16. The molecule has 0 aromatic heterocycles. The van der Waals surface area contributed by atoms with Crippen molar-refractivity contribution >= 4 is 68.9 Å². The smallest absolute Gasteiger partial charge is 0.344 e. The summed E-state index contributed by atoms with van der Waals surface area (Å²) >= 11 is 9.29. The predicted octanol–water partition coefficient (Wildman–Crippen LogP) is 7.93. The van der Waals surface area contributed by atoms with Crippen LogP contribution in [0.25, 0.3) is 6.08 Å². The van der Waals surface area contributed by atoms with E-state index in [-0.39, 0.29) is 23.0 Å². The van der Waals surface area contributed by atoms with Crippen LogP contribution in [-0.4, -0.2) is 35.2 Å². The van der Waals surface area contributed by atoms with Gasteiger partial charge in [0.05, 0.1) is 21.7 Å². The van der Waals surface area contributed by atoms with Crippen LogP contribution in [0.5, 0.6) is 11.5 Å². The minimum absolute atomic E-state index is 0.0710. The van der Waals surface area contributed by atoms with Crippen LogP contribution in [0.4, 0.5) is 0 Å². The van der Waals surface area contributed by atoms with Gasteiger partial charge in [-0.25, -0.2) is 9.79 Å². The Morgan fingerprint density at radius 3 is 2.54 bits per heavy atom. The molecule has 0 radical (unpaired) electrons. The first-order chi connectivity index (χ1) is 19.7. The van der Waals surface area contributed by atoms with Gasteiger partial charge < -0.3 is 19.3 Å². The SMILES string of the molecule is CCOC(=O)C1=C(O)/C(=C/c2cc(I)c(OCc3cccc(Cl)c3)c(OCC)c2)SC1=NC(=O)c1ccccc1C. The third-order valence-electron chi connectivity index (χ3n) is 5.85. The maximum absolute atomic E-state index is 13.0. The van der Waals surface area contributed by atoms with Gasteiger partial charge in [-0.05, 0) is 96.5 Å². The second-order valence-corrected chi connectivity index (χ2v) is 11.4. The van der Waals surface area contributed by atoms with Crippen LogP contribution in [0, 0.1) is 10.5 Å². The Kier molecular flexibility index (Phi) is 10.5.